The summed E-state index contributed by atoms with van der Waals surface area (Å²) in [4.78, 5) is 24.5. The molecule has 0 fully saturated rings. The minimum Gasteiger partial charge on any atom is -0.296 e. The van der Waals surface area contributed by atoms with Crippen LogP contribution in [0.15, 0.2) is 48.1 Å². The summed E-state index contributed by atoms with van der Waals surface area (Å²) in [7, 11) is 0. The van der Waals surface area contributed by atoms with E-state index in [1.165, 1.54) is 17.5 Å². The fourth-order valence-electron chi connectivity index (χ4n) is 1.74. The fraction of sp³-hybridized carbons (Fsp3) is 0.0667. The summed E-state index contributed by atoms with van der Waals surface area (Å²) < 4.78 is 0. The van der Waals surface area contributed by atoms with E-state index in [9.17, 15) is 4.79 Å². The van der Waals surface area contributed by atoms with Gasteiger partial charge in [0.1, 0.15) is 5.69 Å². The summed E-state index contributed by atoms with van der Waals surface area (Å²) in [5.74, 6) is -0.309. The SMILES string of the molecule is Cc1cnc(C(=O)Nc2nc(-c3ccccc3)cs2)cn1. The molecule has 0 bridgehead atoms. The number of anilines is 1. The number of hydrogen-bond acceptors (Lipinski definition) is 5. The topological polar surface area (TPSA) is 67.8 Å². The van der Waals surface area contributed by atoms with Crippen LogP contribution in [0.4, 0.5) is 5.13 Å². The average Bonchev–Trinajstić information content (AvgIpc) is 2.97. The molecule has 0 aliphatic carbocycles. The van der Waals surface area contributed by atoms with Gasteiger partial charge < -0.3 is 0 Å². The van der Waals surface area contributed by atoms with Crippen molar-refractivity contribution in [2.75, 3.05) is 5.32 Å². The largest absolute Gasteiger partial charge is 0.296 e. The van der Waals surface area contributed by atoms with Crippen LogP contribution in [-0.4, -0.2) is 20.9 Å². The van der Waals surface area contributed by atoms with Gasteiger partial charge in [-0.05, 0) is 6.92 Å². The van der Waals surface area contributed by atoms with Crippen LogP contribution in [0.25, 0.3) is 11.3 Å². The Morgan fingerprint density at radius 2 is 1.95 bits per heavy atom. The summed E-state index contributed by atoms with van der Waals surface area (Å²) >= 11 is 1.38. The van der Waals surface area contributed by atoms with Gasteiger partial charge in [0.05, 0.1) is 17.6 Å². The van der Waals surface area contributed by atoms with Gasteiger partial charge in [-0.1, -0.05) is 30.3 Å². The van der Waals surface area contributed by atoms with Gasteiger partial charge in [0.25, 0.3) is 5.91 Å². The number of hydrogen-bond donors (Lipinski definition) is 1. The highest BCUT2D eigenvalue weighted by Crippen LogP contribution is 2.24. The minimum atomic E-state index is -0.309. The summed E-state index contributed by atoms with van der Waals surface area (Å²) in [6.45, 7) is 1.82. The Labute approximate surface area is 125 Å². The molecule has 104 valence electrons. The first-order chi connectivity index (χ1) is 10.2. The lowest BCUT2D eigenvalue weighted by atomic mass is 10.2. The number of carbonyl (C=O) groups is 1. The van der Waals surface area contributed by atoms with Crippen LogP contribution in [0, 0.1) is 6.92 Å². The number of benzene rings is 1. The maximum atomic E-state index is 12.0. The van der Waals surface area contributed by atoms with Gasteiger partial charge in [-0.3, -0.25) is 15.1 Å². The molecule has 0 radical (unpaired) electrons. The quantitative estimate of drug-likeness (QED) is 0.806. The molecule has 0 aliphatic heterocycles. The smallest absolute Gasteiger partial charge is 0.277 e. The van der Waals surface area contributed by atoms with E-state index in [1.807, 2.05) is 42.6 Å². The number of rotatable bonds is 3. The van der Waals surface area contributed by atoms with Crippen LogP contribution in [0.1, 0.15) is 16.2 Å². The van der Waals surface area contributed by atoms with Crippen LogP contribution in [0.2, 0.25) is 0 Å². The molecule has 1 amide bonds. The molecule has 3 aromatic rings. The Morgan fingerprint density at radius 1 is 1.14 bits per heavy atom. The zero-order valence-corrected chi connectivity index (χ0v) is 12.1. The van der Waals surface area contributed by atoms with E-state index in [2.05, 4.69) is 20.3 Å². The van der Waals surface area contributed by atoms with E-state index in [4.69, 9.17) is 0 Å². The Kier molecular flexibility index (Phi) is 3.70. The highest BCUT2D eigenvalue weighted by Gasteiger charge is 2.11. The third-order valence-corrected chi connectivity index (χ3v) is 3.57. The standard InChI is InChI=1S/C15H12N4OS/c1-10-7-17-12(8-16-10)14(20)19-15-18-13(9-21-15)11-5-3-2-4-6-11/h2-9H,1H3,(H,18,19,20). The number of nitrogens with zero attached hydrogens (tertiary/aromatic N) is 3. The first-order valence-electron chi connectivity index (χ1n) is 6.33. The molecule has 21 heavy (non-hydrogen) atoms. The summed E-state index contributed by atoms with van der Waals surface area (Å²) in [6.07, 6.45) is 3.02. The van der Waals surface area contributed by atoms with Gasteiger partial charge in [-0.2, -0.15) is 0 Å². The van der Waals surface area contributed by atoms with Gasteiger partial charge in [-0.25, -0.2) is 9.97 Å². The number of aryl methyl sites for hydroxylation is 1. The second kappa shape index (κ2) is 5.80. The predicted octanol–water partition coefficient (Wildman–Crippen LogP) is 3.16. The molecule has 6 heteroatoms. The van der Waals surface area contributed by atoms with Crippen molar-refractivity contribution in [3.63, 3.8) is 0 Å². The van der Waals surface area contributed by atoms with Crippen LogP contribution in [0.3, 0.4) is 0 Å². The van der Waals surface area contributed by atoms with Gasteiger partial charge in [-0.15, -0.1) is 11.3 Å². The monoisotopic (exact) mass is 296 g/mol. The third-order valence-electron chi connectivity index (χ3n) is 2.81. The van der Waals surface area contributed by atoms with E-state index >= 15 is 0 Å². The van der Waals surface area contributed by atoms with Crippen molar-refractivity contribution >= 4 is 22.4 Å². The van der Waals surface area contributed by atoms with Crippen molar-refractivity contribution in [1.82, 2.24) is 15.0 Å². The maximum Gasteiger partial charge on any atom is 0.277 e. The highest BCUT2D eigenvalue weighted by molar-refractivity contribution is 7.14. The number of thiazole rings is 1. The Balaban J connectivity index is 1.75. The summed E-state index contributed by atoms with van der Waals surface area (Å²) in [6, 6.07) is 9.82. The van der Waals surface area contributed by atoms with E-state index in [0.717, 1.165) is 17.0 Å². The molecule has 3 rings (SSSR count). The normalized spacial score (nSPS) is 10.3. The van der Waals surface area contributed by atoms with Gasteiger partial charge in [0.2, 0.25) is 0 Å². The van der Waals surface area contributed by atoms with Crippen molar-refractivity contribution < 1.29 is 4.79 Å². The number of aromatic nitrogens is 3. The van der Waals surface area contributed by atoms with Gasteiger partial charge in [0.15, 0.2) is 5.13 Å². The van der Waals surface area contributed by atoms with E-state index in [0.29, 0.717) is 5.13 Å². The van der Waals surface area contributed by atoms with Crippen molar-refractivity contribution in [2.45, 2.75) is 6.92 Å². The molecule has 0 saturated carbocycles. The molecule has 1 aromatic carbocycles. The van der Waals surface area contributed by atoms with Crippen molar-refractivity contribution in [2.24, 2.45) is 0 Å². The first kappa shape index (κ1) is 13.4. The zero-order valence-electron chi connectivity index (χ0n) is 11.3. The van der Waals surface area contributed by atoms with Gasteiger partial charge in [0, 0.05) is 17.1 Å². The Morgan fingerprint density at radius 3 is 2.67 bits per heavy atom. The van der Waals surface area contributed by atoms with Crippen LogP contribution in [0.5, 0.6) is 0 Å². The van der Waals surface area contributed by atoms with Crippen LogP contribution >= 0.6 is 11.3 Å². The van der Waals surface area contributed by atoms with Crippen LogP contribution in [-0.2, 0) is 0 Å². The highest BCUT2D eigenvalue weighted by atomic mass is 32.1. The average molecular weight is 296 g/mol. The Hall–Kier alpha value is -2.60. The lowest BCUT2D eigenvalue weighted by molar-refractivity contribution is 0.102. The Bertz CT molecular complexity index is 753. The zero-order chi connectivity index (χ0) is 14.7. The molecule has 5 nitrogen and oxygen atoms in total. The molecule has 2 aromatic heterocycles. The number of nitrogens with one attached hydrogen (secondary N) is 1. The lowest BCUT2D eigenvalue weighted by Crippen LogP contribution is -2.13. The minimum absolute atomic E-state index is 0.275. The second-order valence-electron chi connectivity index (χ2n) is 4.40. The van der Waals surface area contributed by atoms with Crippen molar-refractivity contribution in [3.8, 4) is 11.3 Å². The molecule has 0 spiro atoms. The second-order valence-corrected chi connectivity index (χ2v) is 5.26. The van der Waals surface area contributed by atoms with Gasteiger partial charge >= 0.3 is 0 Å². The molecule has 2 heterocycles. The van der Waals surface area contributed by atoms with E-state index in [1.54, 1.807) is 6.20 Å². The first-order valence-corrected chi connectivity index (χ1v) is 7.21. The van der Waals surface area contributed by atoms with Crippen molar-refractivity contribution in [1.29, 1.82) is 0 Å². The number of amides is 1. The molecule has 0 unspecified atom stereocenters. The summed E-state index contributed by atoms with van der Waals surface area (Å²) in [5.41, 5.74) is 2.90. The van der Waals surface area contributed by atoms with Crippen LogP contribution < -0.4 is 5.32 Å². The third kappa shape index (κ3) is 3.11. The predicted molar refractivity (Wildman–Crippen MR) is 82.3 cm³/mol. The molecular formula is C15H12N4OS. The molecular weight excluding hydrogens is 284 g/mol. The molecule has 0 aliphatic rings. The molecule has 1 N–H and O–H groups in total. The van der Waals surface area contributed by atoms with Crippen molar-refractivity contribution in [3.05, 3.63) is 59.5 Å². The van der Waals surface area contributed by atoms with E-state index in [-0.39, 0.29) is 11.6 Å². The molecule has 0 atom stereocenters. The maximum absolute atomic E-state index is 12.0. The fourth-order valence-corrected chi connectivity index (χ4v) is 2.46. The lowest BCUT2D eigenvalue weighted by Gasteiger charge is -2.00. The van der Waals surface area contributed by atoms with E-state index < -0.39 is 0 Å². The number of carbonyl (C=O) groups excluding carboxylic acids is 1. The summed E-state index contributed by atoms with van der Waals surface area (Å²) in [5, 5.41) is 5.19. The molecule has 0 saturated heterocycles.